The number of nitro groups is 1. The second-order valence-electron chi connectivity index (χ2n) is 5.30. The highest BCUT2D eigenvalue weighted by molar-refractivity contribution is 5.97. The molecule has 1 aromatic rings. The van der Waals surface area contributed by atoms with E-state index in [1.54, 1.807) is 4.90 Å². The maximum Gasteiger partial charge on any atom is 0.273 e. The summed E-state index contributed by atoms with van der Waals surface area (Å²) < 4.78 is 5.11. The number of non-ortho nitro benzene ring substituents is 1. The van der Waals surface area contributed by atoms with E-state index in [1.165, 1.54) is 25.3 Å². The minimum absolute atomic E-state index is 0.0431. The van der Waals surface area contributed by atoms with Crippen molar-refractivity contribution in [3.05, 3.63) is 33.9 Å². The van der Waals surface area contributed by atoms with Crippen LogP contribution in [0, 0.1) is 16.0 Å². The van der Waals surface area contributed by atoms with Crippen LogP contribution in [-0.4, -0.2) is 42.0 Å². The molecule has 2 rings (SSSR count). The van der Waals surface area contributed by atoms with Crippen molar-refractivity contribution in [2.75, 3.05) is 20.2 Å². The van der Waals surface area contributed by atoms with Gasteiger partial charge in [-0.3, -0.25) is 14.9 Å². The lowest BCUT2D eigenvalue weighted by molar-refractivity contribution is -0.384. The van der Waals surface area contributed by atoms with Gasteiger partial charge in [0.25, 0.3) is 11.6 Å². The highest BCUT2D eigenvalue weighted by Gasteiger charge is 2.30. The zero-order chi connectivity index (χ0) is 15.6. The van der Waals surface area contributed by atoms with E-state index in [0.29, 0.717) is 18.7 Å². The van der Waals surface area contributed by atoms with Gasteiger partial charge in [0.05, 0.1) is 23.7 Å². The van der Waals surface area contributed by atoms with Crippen LogP contribution in [-0.2, 0) is 0 Å². The van der Waals surface area contributed by atoms with Crippen LogP contribution in [0.5, 0.6) is 5.75 Å². The minimum Gasteiger partial charge on any atom is -0.496 e. The number of carbonyl (C=O) groups is 1. The van der Waals surface area contributed by atoms with Crippen molar-refractivity contribution in [3.8, 4) is 5.75 Å². The van der Waals surface area contributed by atoms with E-state index < -0.39 is 4.92 Å². The lowest BCUT2D eigenvalue weighted by atomic mass is 10.0. The highest BCUT2D eigenvalue weighted by Crippen LogP contribution is 2.28. The molecule has 1 fully saturated rings. The summed E-state index contributed by atoms with van der Waals surface area (Å²) in [5, 5.41) is 10.8. The van der Waals surface area contributed by atoms with Crippen molar-refractivity contribution in [3.63, 3.8) is 0 Å². The molecule has 2 atom stereocenters. The van der Waals surface area contributed by atoms with E-state index in [-0.39, 0.29) is 29.3 Å². The van der Waals surface area contributed by atoms with Gasteiger partial charge in [-0.05, 0) is 25.3 Å². The maximum absolute atomic E-state index is 12.5. The van der Waals surface area contributed by atoms with Gasteiger partial charge in [0.1, 0.15) is 5.75 Å². The summed E-state index contributed by atoms with van der Waals surface area (Å²) in [5.74, 6) is 0.335. The zero-order valence-electron chi connectivity index (χ0n) is 12.1. The number of amides is 1. The Labute approximate surface area is 122 Å². The fourth-order valence-corrected chi connectivity index (χ4v) is 2.54. The standard InChI is InChI=1S/C14H19N3O4/c1-9(15)10-5-6-16(8-10)14(18)12-4-3-11(17(19)20)7-13(12)21-2/h3-4,7,9-10H,5-6,8,15H2,1-2H3. The van der Waals surface area contributed by atoms with Crippen LogP contribution < -0.4 is 10.5 Å². The van der Waals surface area contributed by atoms with E-state index in [2.05, 4.69) is 0 Å². The quantitative estimate of drug-likeness (QED) is 0.668. The fourth-order valence-electron chi connectivity index (χ4n) is 2.54. The van der Waals surface area contributed by atoms with Gasteiger partial charge < -0.3 is 15.4 Å². The average Bonchev–Trinajstić information content (AvgIpc) is 2.95. The molecule has 7 nitrogen and oxygen atoms in total. The molecule has 0 bridgehead atoms. The van der Waals surface area contributed by atoms with Crippen LogP contribution in [0.15, 0.2) is 18.2 Å². The highest BCUT2D eigenvalue weighted by atomic mass is 16.6. The molecule has 1 saturated heterocycles. The minimum atomic E-state index is -0.515. The predicted octanol–water partition coefficient (Wildman–Crippen LogP) is 1.41. The normalized spacial score (nSPS) is 19.4. The van der Waals surface area contributed by atoms with Crippen LogP contribution in [0.25, 0.3) is 0 Å². The van der Waals surface area contributed by atoms with Crippen molar-refractivity contribution < 1.29 is 14.5 Å². The molecule has 0 aliphatic carbocycles. The molecule has 0 radical (unpaired) electrons. The molecule has 2 unspecified atom stereocenters. The molecule has 1 aliphatic heterocycles. The SMILES string of the molecule is COc1cc([N+](=O)[O-])ccc1C(=O)N1CCC(C(C)N)C1. The van der Waals surface area contributed by atoms with Gasteiger partial charge in [0.15, 0.2) is 0 Å². The molecule has 0 spiro atoms. The Balaban J connectivity index is 2.22. The summed E-state index contributed by atoms with van der Waals surface area (Å²) >= 11 is 0. The van der Waals surface area contributed by atoms with Crippen LogP contribution in [0.2, 0.25) is 0 Å². The second kappa shape index (κ2) is 6.09. The van der Waals surface area contributed by atoms with Crippen molar-refractivity contribution in [2.24, 2.45) is 11.7 Å². The average molecular weight is 293 g/mol. The van der Waals surface area contributed by atoms with Crippen molar-refractivity contribution in [2.45, 2.75) is 19.4 Å². The molecule has 114 valence electrons. The first-order valence-corrected chi connectivity index (χ1v) is 6.81. The molecule has 1 aromatic carbocycles. The van der Waals surface area contributed by atoms with Gasteiger partial charge in [0.2, 0.25) is 0 Å². The molecule has 0 aromatic heterocycles. The number of nitro benzene ring substituents is 1. The monoisotopic (exact) mass is 293 g/mol. The summed E-state index contributed by atoms with van der Waals surface area (Å²) in [6.45, 7) is 3.19. The van der Waals surface area contributed by atoms with Crippen LogP contribution in [0.3, 0.4) is 0 Å². The van der Waals surface area contributed by atoms with Gasteiger partial charge in [-0.1, -0.05) is 0 Å². The summed E-state index contributed by atoms with van der Waals surface area (Å²) in [7, 11) is 1.39. The molecular formula is C14H19N3O4. The number of benzene rings is 1. The second-order valence-corrected chi connectivity index (χ2v) is 5.30. The Bertz CT molecular complexity index is 559. The zero-order valence-corrected chi connectivity index (χ0v) is 12.1. The lowest BCUT2D eigenvalue weighted by Gasteiger charge is -2.19. The summed E-state index contributed by atoms with van der Waals surface area (Å²) in [5.41, 5.74) is 6.11. The number of hydrogen-bond acceptors (Lipinski definition) is 5. The van der Waals surface area contributed by atoms with Crippen molar-refractivity contribution in [1.82, 2.24) is 4.90 Å². The molecule has 2 N–H and O–H groups in total. The predicted molar refractivity (Wildman–Crippen MR) is 77.3 cm³/mol. The Morgan fingerprint density at radius 3 is 2.81 bits per heavy atom. The first kappa shape index (κ1) is 15.2. The van der Waals surface area contributed by atoms with E-state index in [1.807, 2.05) is 6.92 Å². The Morgan fingerprint density at radius 1 is 1.57 bits per heavy atom. The summed E-state index contributed by atoms with van der Waals surface area (Å²) in [4.78, 5) is 24.5. The van der Waals surface area contributed by atoms with Gasteiger partial charge in [-0.15, -0.1) is 0 Å². The number of hydrogen-bond donors (Lipinski definition) is 1. The largest absolute Gasteiger partial charge is 0.496 e. The van der Waals surface area contributed by atoms with Crippen LogP contribution >= 0.6 is 0 Å². The van der Waals surface area contributed by atoms with Gasteiger partial charge in [0, 0.05) is 25.2 Å². The number of likely N-dealkylation sites (tertiary alicyclic amines) is 1. The topological polar surface area (TPSA) is 98.7 Å². The van der Waals surface area contributed by atoms with E-state index in [9.17, 15) is 14.9 Å². The number of rotatable bonds is 4. The maximum atomic E-state index is 12.5. The number of ether oxygens (including phenoxy) is 1. The third-order valence-corrected chi connectivity index (χ3v) is 3.88. The van der Waals surface area contributed by atoms with Crippen LogP contribution in [0.1, 0.15) is 23.7 Å². The molecule has 0 saturated carbocycles. The molecule has 1 heterocycles. The number of methoxy groups -OCH3 is 1. The lowest BCUT2D eigenvalue weighted by Crippen LogP contribution is -2.33. The van der Waals surface area contributed by atoms with Gasteiger partial charge >= 0.3 is 0 Å². The smallest absolute Gasteiger partial charge is 0.273 e. The summed E-state index contributed by atoms with van der Waals surface area (Å²) in [6, 6.07) is 4.07. The summed E-state index contributed by atoms with van der Waals surface area (Å²) in [6.07, 6.45) is 0.874. The van der Waals surface area contributed by atoms with Gasteiger partial charge in [-0.25, -0.2) is 0 Å². The Morgan fingerprint density at radius 2 is 2.29 bits per heavy atom. The molecule has 1 amide bonds. The first-order valence-electron chi connectivity index (χ1n) is 6.81. The molecule has 1 aliphatic rings. The van der Waals surface area contributed by atoms with E-state index in [0.717, 1.165) is 6.42 Å². The van der Waals surface area contributed by atoms with E-state index >= 15 is 0 Å². The van der Waals surface area contributed by atoms with Crippen molar-refractivity contribution >= 4 is 11.6 Å². The number of carbonyl (C=O) groups excluding carboxylic acids is 1. The first-order chi connectivity index (χ1) is 9.93. The van der Waals surface area contributed by atoms with Crippen molar-refractivity contribution in [1.29, 1.82) is 0 Å². The van der Waals surface area contributed by atoms with E-state index in [4.69, 9.17) is 10.5 Å². The number of nitrogens with two attached hydrogens (primary N) is 1. The third-order valence-electron chi connectivity index (χ3n) is 3.88. The Kier molecular flexibility index (Phi) is 4.42. The molecule has 7 heteroatoms. The molecule has 21 heavy (non-hydrogen) atoms. The van der Waals surface area contributed by atoms with Crippen LogP contribution in [0.4, 0.5) is 5.69 Å². The third kappa shape index (κ3) is 3.13. The number of nitrogens with zero attached hydrogens (tertiary/aromatic N) is 2. The fraction of sp³-hybridized carbons (Fsp3) is 0.500. The van der Waals surface area contributed by atoms with Gasteiger partial charge in [-0.2, -0.15) is 0 Å². The Hall–Kier alpha value is -2.15. The molecular weight excluding hydrogens is 274 g/mol.